The molecule has 0 rings (SSSR count). The molecule has 0 saturated carbocycles. The Morgan fingerprint density at radius 1 is 0.615 bits per heavy atom. The highest BCUT2D eigenvalue weighted by Crippen LogP contribution is 2.09. The van der Waals surface area contributed by atoms with Gasteiger partial charge in [-0.3, -0.25) is 4.39 Å². The Kier molecular flexibility index (Phi) is 11.8. The molecule has 0 aromatic carbocycles. The summed E-state index contributed by atoms with van der Waals surface area (Å²) in [6.07, 6.45) is 10.1. The maximum Gasteiger partial charge on any atom is 0.0894 e. The fourth-order valence-electron chi connectivity index (χ4n) is 1.44. The van der Waals surface area contributed by atoms with Crippen LogP contribution in [-0.2, 0) is 0 Å². The number of halogens is 1. The molecule has 0 aliphatic rings. The lowest BCUT2D eigenvalue weighted by Gasteiger charge is -2.00. The Bertz CT molecular complexity index is 76.2. The van der Waals surface area contributed by atoms with Crippen molar-refractivity contribution < 1.29 is 4.39 Å². The van der Waals surface area contributed by atoms with Crippen LogP contribution in [0.15, 0.2) is 0 Å². The Labute approximate surface area is 81.9 Å². The first-order valence-electron chi connectivity index (χ1n) is 5.58. The molecule has 0 atom stereocenters. The normalized spacial score (nSPS) is 10.6. The molecule has 0 aliphatic carbocycles. The summed E-state index contributed by atoms with van der Waals surface area (Å²) in [6.45, 7) is 0.174. The van der Waals surface area contributed by atoms with Gasteiger partial charge in [0.15, 0.2) is 0 Å². The van der Waals surface area contributed by atoms with Gasteiger partial charge in [-0.05, 0) is 12.8 Å². The molecule has 0 aliphatic heterocycles. The molecule has 2 radical (unpaired) electrons. The van der Waals surface area contributed by atoms with Crippen molar-refractivity contribution >= 4 is 0 Å². The summed E-state index contributed by atoms with van der Waals surface area (Å²) in [5.41, 5.74) is 8.53. The van der Waals surface area contributed by atoms with Gasteiger partial charge in [0.2, 0.25) is 0 Å². The molecule has 0 aromatic heterocycles. The van der Waals surface area contributed by atoms with Crippen LogP contribution in [-0.4, -0.2) is 13.2 Å². The first-order chi connectivity index (χ1) is 6.41. The van der Waals surface area contributed by atoms with Gasteiger partial charge in [0.05, 0.1) is 6.67 Å². The van der Waals surface area contributed by atoms with E-state index in [-0.39, 0.29) is 6.67 Å². The number of hydrogen-bond acceptors (Lipinski definition) is 0. The number of hydrogen-bond donors (Lipinski definition) is 0. The van der Waals surface area contributed by atoms with E-state index in [1.54, 1.807) is 0 Å². The van der Waals surface area contributed by atoms with Gasteiger partial charge in [-0.15, -0.1) is 5.73 Å². The molecule has 2 heteroatoms. The molecule has 0 spiro atoms. The standard InChI is InChI=1S/C11H22FN/c12-10-8-6-4-2-1-3-5-7-9-11-13/h1-11H2. The van der Waals surface area contributed by atoms with Gasteiger partial charge in [0, 0.05) is 6.54 Å². The van der Waals surface area contributed by atoms with E-state index in [0.29, 0.717) is 6.54 Å². The third-order valence-electron chi connectivity index (χ3n) is 2.29. The molecule has 13 heavy (non-hydrogen) atoms. The average Bonchev–Trinajstić information content (AvgIpc) is 2.16. The molecule has 0 fully saturated rings. The SMILES string of the molecule is [N]CCCCCCCCCCCF. The van der Waals surface area contributed by atoms with Gasteiger partial charge < -0.3 is 0 Å². The molecule has 0 aromatic rings. The zero-order chi connectivity index (χ0) is 9.78. The zero-order valence-electron chi connectivity index (χ0n) is 8.60. The summed E-state index contributed by atoms with van der Waals surface area (Å²) in [5.74, 6) is 0. The van der Waals surface area contributed by atoms with E-state index in [1.807, 2.05) is 0 Å². The summed E-state index contributed by atoms with van der Waals surface area (Å²) in [7, 11) is 0. The molecule has 0 N–H and O–H groups in total. The summed E-state index contributed by atoms with van der Waals surface area (Å²) in [6, 6.07) is 0. The minimum absolute atomic E-state index is 0.156. The lowest BCUT2D eigenvalue weighted by atomic mass is 10.1. The highest BCUT2D eigenvalue weighted by molar-refractivity contribution is 4.47. The third kappa shape index (κ3) is 11.9. The van der Waals surface area contributed by atoms with Crippen molar-refractivity contribution in [2.24, 2.45) is 0 Å². The second-order valence-electron chi connectivity index (χ2n) is 3.59. The van der Waals surface area contributed by atoms with Crippen LogP contribution in [0.4, 0.5) is 4.39 Å². The van der Waals surface area contributed by atoms with Crippen molar-refractivity contribution in [3.05, 3.63) is 0 Å². The molecule has 0 bridgehead atoms. The maximum absolute atomic E-state index is 11.7. The lowest BCUT2D eigenvalue weighted by molar-refractivity contribution is 0.449. The molecule has 0 saturated heterocycles. The summed E-state index contributed by atoms with van der Waals surface area (Å²) >= 11 is 0. The summed E-state index contributed by atoms with van der Waals surface area (Å²) in [4.78, 5) is 0. The zero-order valence-corrected chi connectivity index (χ0v) is 8.60. The molecule has 0 unspecified atom stereocenters. The van der Waals surface area contributed by atoms with Crippen LogP contribution in [0.2, 0.25) is 0 Å². The topological polar surface area (TPSA) is 22.3 Å². The van der Waals surface area contributed by atoms with Crippen LogP contribution in [0.5, 0.6) is 0 Å². The maximum atomic E-state index is 11.7. The molecule has 0 heterocycles. The lowest BCUT2D eigenvalue weighted by Crippen LogP contribution is -1.86. The highest BCUT2D eigenvalue weighted by Gasteiger charge is 1.91. The van der Waals surface area contributed by atoms with Crippen LogP contribution < -0.4 is 5.73 Å². The molecule has 78 valence electrons. The van der Waals surface area contributed by atoms with Crippen LogP contribution in [0.1, 0.15) is 57.8 Å². The first kappa shape index (κ1) is 12.9. The summed E-state index contributed by atoms with van der Waals surface area (Å²) < 4.78 is 11.7. The Morgan fingerprint density at radius 2 is 1.00 bits per heavy atom. The second kappa shape index (κ2) is 11.9. The molecule has 1 nitrogen and oxygen atoms in total. The van der Waals surface area contributed by atoms with E-state index in [1.165, 1.54) is 32.1 Å². The van der Waals surface area contributed by atoms with Gasteiger partial charge in [-0.1, -0.05) is 44.9 Å². The van der Waals surface area contributed by atoms with Crippen LogP contribution >= 0.6 is 0 Å². The smallest absolute Gasteiger partial charge is 0.0894 e. The van der Waals surface area contributed by atoms with Crippen LogP contribution in [0, 0.1) is 0 Å². The van der Waals surface area contributed by atoms with Crippen molar-refractivity contribution in [1.82, 2.24) is 5.73 Å². The van der Waals surface area contributed by atoms with E-state index in [0.717, 1.165) is 25.7 Å². The van der Waals surface area contributed by atoms with Gasteiger partial charge in [0.1, 0.15) is 0 Å². The van der Waals surface area contributed by atoms with E-state index in [4.69, 9.17) is 5.73 Å². The monoisotopic (exact) mass is 187 g/mol. The number of nitrogens with zero attached hydrogens (tertiary/aromatic N) is 1. The predicted octanol–water partition coefficient (Wildman–Crippen LogP) is 3.54. The van der Waals surface area contributed by atoms with Gasteiger partial charge in [-0.25, -0.2) is 0 Å². The van der Waals surface area contributed by atoms with Gasteiger partial charge in [0.25, 0.3) is 0 Å². The minimum atomic E-state index is -0.156. The number of alkyl halides is 1. The van der Waals surface area contributed by atoms with Crippen molar-refractivity contribution in [2.75, 3.05) is 13.2 Å². The Morgan fingerprint density at radius 3 is 1.38 bits per heavy atom. The van der Waals surface area contributed by atoms with E-state index in [9.17, 15) is 4.39 Å². The summed E-state index contributed by atoms with van der Waals surface area (Å²) in [5, 5.41) is 0. The van der Waals surface area contributed by atoms with Gasteiger partial charge in [-0.2, -0.15) is 0 Å². The van der Waals surface area contributed by atoms with Crippen molar-refractivity contribution in [2.45, 2.75) is 57.8 Å². The fourth-order valence-corrected chi connectivity index (χ4v) is 1.44. The minimum Gasteiger partial charge on any atom is -0.251 e. The van der Waals surface area contributed by atoms with Crippen molar-refractivity contribution in [3.63, 3.8) is 0 Å². The number of rotatable bonds is 10. The second-order valence-corrected chi connectivity index (χ2v) is 3.59. The average molecular weight is 187 g/mol. The quantitative estimate of drug-likeness (QED) is 0.467. The Balaban J connectivity index is 2.76. The van der Waals surface area contributed by atoms with Crippen molar-refractivity contribution in [1.29, 1.82) is 0 Å². The molecule has 0 amide bonds. The largest absolute Gasteiger partial charge is 0.251 e. The van der Waals surface area contributed by atoms with Crippen molar-refractivity contribution in [3.8, 4) is 0 Å². The first-order valence-corrected chi connectivity index (χ1v) is 5.58. The third-order valence-corrected chi connectivity index (χ3v) is 2.29. The number of unbranched alkanes of at least 4 members (excludes halogenated alkanes) is 8. The fraction of sp³-hybridized carbons (Fsp3) is 1.00. The molecular formula is C11H22FN. The van der Waals surface area contributed by atoms with E-state index in [2.05, 4.69) is 0 Å². The molecular weight excluding hydrogens is 165 g/mol. The van der Waals surface area contributed by atoms with Crippen LogP contribution in [0.25, 0.3) is 0 Å². The van der Waals surface area contributed by atoms with E-state index < -0.39 is 0 Å². The highest BCUT2D eigenvalue weighted by atomic mass is 19.1. The predicted molar refractivity (Wildman–Crippen MR) is 54.5 cm³/mol. The van der Waals surface area contributed by atoms with E-state index >= 15 is 0 Å². The van der Waals surface area contributed by atoms with Crippen LogP contribution in [0.3, 0.4) is 0 Å². The Hall–Kier alpha value is -0.110. The van der Waals surface area contributed by atoms with Gasteiger partial charge >= 0.3 is 0 Å².